The van der Waals surface area contributed by atoms with Crippen molar-refractivity contribution in [2.75, 3.05) is 24.1 Å². The second-order valence-electron chi connectivity index (χ2n) is 7.55. The predicted molar refractivity (Wildman–Crippen MR) is 129 cm³/mol. The van der Waals surface area contributed by atoms with Crippen LogP contribution < -0.4 is 16.4 Å². The van der Waals surface area contributed by atoms with E-state index in [0.29, 0.717) is 35.9 Å². The molecule has 2 aromatic heterocycles. The third kappa shape index (κ3) is 4.91. The highest BCUT2D eigenvalue weighted by Crippen LogP contribution is 2.32. The molecule has 6 nitrogen and oxygen atoms in total. The number of thiophene rings is 2. The Morgan fingerprint density at radius 3 is 2.87 bits per heavy atom. The lowest BCUT2D eigenvalue weighted by molar-refractivity contribution is 0.103. The summed E-state index contributed by atoms with van der Waals surface area (Å²) in [7, 11) is 0. The third-order valence-electron chi connectivity index (χ3n) is 5.29. The number of amides is 3. The molecule has 1 aliphatic rings. The topological polar surface area (TPSA) is 87.5 Å². The van der Waals surface area contributed by atoms with Crippen LogP contribution in [0.2, 0.25) is 0 Å². The van der Waals surface area contributed by atoms with Gasteiger partial charge in [-0.3, -0.25) is 4.79 Å². The van der Waals surface area contributed by atoms with E-state index in [9.17, 15) is 9.59 Å². The monoisotopic (exact) mass is 454 g/mol. The number of hydrogen-bond donors (Lipinski definition) is 3. The maximum atomic E-state index is 12.9. The number of nitrogen functional groups attached to an aromatic ring is 1. The molecular formula is C23H26N4O2S2. The van der Waals surface area contributed by atoms with Crippen molar-refractivity contribution in [3.8, 4) is 10.4 Å². The summed E-state index contributed by atoms with van der Waals surface area (Å²) in [5.74, 6) is -0.173. The van der Waals surface area contributed by atoms with E-state index < -0.39 is 0 Å². The van der Waals surface area contributed by atoms with Gasteiger partial charge in [0.2, 0.25) is 0 Å². The summed E-state index contributed by atoms with van der Waals surface area (Å²) in [6, 6.07) is 11.6. The van der Waals surface area contributed by atoms with E-state index in [4.69, 9.17) is 5.73 Å². The van der Waals surface area contributed by atoms with E-state index in [1.807, 2.05) is 46.7 Å². The predicted octanol–water partition coefficient (Wildman–Crippen LogP) is 5.18. The van der Waals surface area contributed by atoms with Crippen molar-refractivity contribution in [2.24, 2.45) is 0 Å². The smallest absolute Gasteiger partial charge is 0.317 e. The van der Waals surface area contributed by atoms with Crippen molar-refractivity contribution in [1.82, 2.24) is 10.2 Å². The van der Waals surface area contributed by atoms with Gasteiger partial charge in [0.05, 0.1) is 16.3 Å². The van der Waals surface area contributed by atoms with E-state index in [-0.39, 0.29) is 11.9 Å². The molecule has 3 heterocycles. The number of nitrogens with zero attached hydrogens (tertiary/aromatic N) is 1. The van der Waals surface area contributed by atoms with Crippen LogP contribution in [-0.2, 0) is 13.0 Å². The number of nitrogens with two attached hydrogens (primary N) is 1. The molecule has 0 unspecified atom stereocenters. The van der Waals surface area contributed by atoms with Crippen LogP contribution in [0.25, 0.3) is 10.4 Å². The van der Waals surface area contributed by atoms with Gasteiger partial charge >= 0.3 is 6.03 Å². The van der Waals surface area contributed by atoms with Gasteiger partial charge in [0, 0.05) is 29.4 Å². The highest BCUT2D eigenvalue weighted by molar-refractivity contribution is 7.14. The van der Waals surface area contributed by atoms with Crippen molar-refractivity contribution in [3.63, 3.8) is 0 Å². The third-order valence-corrected chi connectivity index (χ3v) is 7.45. The number of nitrogens with one attached hydrogen (secondary N) is 2. The van der Waals surface area contributed by atoms with E-state index in [2.05, 4.69) is 17.6 Å². The first-order valence-corrected chi connectivity index (χ1v) is 12.1. The summed E-state index contributed by atoms with van der Waals surface area (Å²) in [4.78, 5) is 30.0. The van der Waals surface area contributed by atoms with Gasteiger partial charge in [-0.15, -0.1) is 22.7 Å². The minimum absolute atomic E-state index is 0.0329. The van der Waals surface area contributed by atoms with E-state index in [0.717, 1.165) is 35.3 Å². The zero-order chi connectivity index (χ0) is 21.8. The first-order chi connectivity index (χ1) is 15.0. The Hall–Kier alpha value is -2.84. The Labute approximate surface area is 190 Å². The van der Waals surface area contributed by atoms with Crippen molar-refractivity contribution in [3.05, 3.63) is 57.1 Å². The van der Waals surface area contributed by atoms with Crippen LogP contribution in [0.15, 0.2) is 41.8 Å². The second kappa shape index (κ2) is 9.53. The molecule has 0 saturated heterocycles. The standard InChI is InChI=1S/C23H26N4O2S2/c1-2-3-9-25-23(29)27-10-8-20-16(14-27)13-21(31-20)22(28)26-18-12-15(6-7-17(18)24)19-5-4-11-30-19/h4-7,11-13H,2-3,8-10,14,24H2,1H3,(H,25,29)(H,26,28). The maximum Gasteiger partial charge on any atom is 0.317 e. The van der Waals surface area contributed by atoms with Crippen LogP contribution >= 0.6 is 22.7 Å². The first-order valence-electron chi connectivity index (χ1n) is 10.4. The number of fused-ring (bicyclic) bond motifs is 1. The fraction of sp³-hybridized carbons (Fsp3) is 0.304. The quantitative estimate of drug-likeness (QED) is 0.354. The molecule has 1 aromatic carbocycles. The van der Waals surface area contributed by atoms with Crippen molar-refractivity contribution in [2.45, 2.75) is 32.7 Å². The van der Waals surface area contributed by atoms with Crippen LogP contribution in [0.5, 0.6) is 0 Å². The molecular weight excluding hydrogens is 428 g/mol. The van der Waals surface area contributed by atoms with Gasteiger partial charge < -0.3 is 21.3 Å². The highest BCUT2D eigenvalue weighted by atomic mass is 32.1. The molecule has 0 radical (unpaired) electrons. The minimum atomic E-state index is -0.173. The molecule has 0 spiro atoms. The Morgan fingerprint density at radius 2 is 2.10 bits per heavy atom. The van der Waals surface area contributed by atoms with Crippen molar-refractivity contribution < 1.29 is 9.59 Å². The SMILES string of the molecule is CCCCNC(=O)N1CCc2sc(C(=O)Nc3cc(-c4cccs4)ccc3N)cc2C1. The molecule has 3 amide bonds. The largest absolute Gasteiger partial charge is 0.397 e. The number of hydrogen-bond acceptors (Lipinski definition) is 5. The zero-order valence-corrected chi connectivity index (χ0v) is 19.1. The molecule has 0 atom stereocenters. The number of anilines is 2. The molecule has 0 saturated carbocycles. The Balaban J connectivity index is 1.44. The van der Waals surface area contributed by atoms with E-state index in [1.165, 1.54) is 16.2 Å². The molecule has 8 heteroatoms. The molecule has 0 fully saturated rings. The van der Waals surface area contributed by atoms with E-state index in [1.54, 1.807) is 11.3 Å². The van der Waals surface area contributed by atoms with Gasteiger partial charge in [0.15, 0.2) is 0 Å². The van der Waals surface area contributed by atoms with Gasteiger partial charge in [-0.05, 0) is 53.6 Å². The first kappa shape index (κ1) is 21.4. The molecule has 0 bridgehead atoms. The average Bonchev–Trinajstić information content (AvgIpc) is 3.45. The summed E-state index contributed by atoms with van der Waals surface area (Å²) >= 11 is 3.14. The van der Waals surface area contributed by atoms with Crippen LogP contribution in [0.3, 0.4) is 0 Å². The number of urea groups is 1. The van der Waals surface area contributed by atoms with Crippen LogP contribution in [0.1, 0.15) is 39.9 Å². The molecule has 4 N–H and O–H groups in total. The minimum Gasteiger partial charge on any atom is -0.397 e. The summed E-state index contributed by atoms with van der Waals surface area (Å²) in [5, 5.41) is 7.95. The number of carbonyl (C=O) groups excluding carboxylic acids is 2. The number of unbranched alkanes of at least 4 members (excludes halogenated alkanes) is 1. The van der Waals surface area contributed by atoms with Crippen molar-refractivity contribution >= 4 is 46.0 Å². The normalized spacial score (nSPS) is 13.0. The lowest BCUT2D eigenvalue weighted by atomic mass is 10.1. The highest BCUT2D eigenvalue weighted by Gasteiger charge is 2.24. The van der Waals surface area contributed by atoms with Gasteiger partial charge in [-0.1, -0.05) is 25.5 Å². The molecule has 162 valence electrons. The van der Waals surface area contributed by atoms with Gasteiger partial charge in [-0.2, -0.15) is 0 Å². The molecule has 1 aliphatic heterocycles. The number of rotatable bonds is 6. The summed E-state index contributed by atoms with van der Waals surface area (Å²) < 4.78 is 0. The summed E-state index contributed by atoms with van der Waals surface area (Å²) in [5.41, 5.74) is 9.32. The average molecular weight is 455 g/mol. The fourth-order valence-electron chi connectivity index (χ4n) is 3.55. The lowest BCUT2D eigenvalue weighted by Crippen LogP contribution is -2.42. The Bertz CT molecular complexity index is 1080. The zero-order valence-electron chi connectivity index (χ0n) is 17.4. The van der Waals surface area contributed by atoms with Gasteiger partial charge in [0.1, 0.15) is 0 Å². The van der Waals surface area contributed by atoms with Crippen LogP contribution in [0, 0.1) is 0 Å². The Kier molecular flexibility index (Phi) is 6.58. The summed E-state index contributed by atoms with van der Waals surface area (Å²) in [6.45, 7) is 4.00. The van der Waals surface area contributed by atoms with E-state index >= 15 is 0 Å². The van der Waals surface area contributed by atoms with Crippen LogP contribution in [-0.4, -0.2) is 29.9 Å². The molecule has 4 rings (SSSR count). The second-order valence-corrected chi connectivity index (χ2v) is 9.63. The van der Waals surface area contributed by atoms with Crippen LogP contribution in [0.4, 0.5) is 16.2 Å². The lowest BCUT2D eigenvalue weighted by Gasteiger charge is -2.27. The Morgan fingerprint density at radius 1 is 1.23 bits per heavy atom. The molecule has 31 heavy (non-hydrogen) atoms. The number of carbonyl (C=O) groups is 2. The fourth-order valence-corrected chi connectivity index (χ4v) is 5.33. The summed E-state index contributed by atoms with van der Waals surface area (Å²) in [6.07, 6.45) is 2.79. The maximum absolute atomic E-state index is 12.9. The van der Waals surface area contributed by atoms with Gasteiger partial charge in [-0.25, -0.2) is 4.79 Å². The number of benzene rings is 1. The van der Waals surface area contributed by atoms with Crippen molar-refractivity contribution in [1.29, 1.82) is 0 Å². The molecule has 0 aliphatic carbocycles. The molecule has 3 aromatic rings. The van der Waals surface area contributed by atoms with Gasteiger partial charge in [0.25, 0.3) is 5.91 Å².